The highest BCUT2D eigenvalue weighted by atomic mass is 32.2. The van der Waals surface area contributed by atoms with Crippen molar-refractivity contribution in [1.82, 2.24) is 18.8 Å². The summed E-state index contributed by atoms with van der Waals surface area (Å²) < 4.78 is 31.7. The number of hydrogen-bond donors (Lipinski definition) is 1. The third kappa shape index (κ3) is 7.37. The van der Waals surface area contributed by atoms with E-state index in [-0.39, 0.29) is 0 Å². The molecule has 0 atom stereocenters. The summed E-state index contributed by atoms with van der Waals surface area (Å²) in [6, 6.07) is 9.87. The summed E-state index contributed by atoms with van der Waals surface area (Å²) in [4.78, 5) is 0. The molecule has 0 aliphatic carbocycles. The van der Waals surface area contributed by atoms with Gasteiger partial charge in [-0.25, -0.2) is 9.40 Å². The number of benzene rings is 1. The van der Waals surface area contributed by atoms with Gasteiger partial charge < -0.3 is 0 Å². The van der Waals surface area contributed by atoms with Crippen LogP contribution in [0.25, 0.3) is 5.69 Å². The van der Waals surface area contributed by atoms with Gasteiger partial charge in [0.25, 0.3) is 10.2 Å². The predicted molar refractivity (Wildman–Crippen MR) is 115 cm³/mol. The molecule has 7 heteroatoms. The fourth-order valence-corrected chi connectivity index (χ4v) is 4.02. The van der Waals surface area contributed by atoms with Crippen molar-refractivity contribution in [2.45, 2.75) is 47.0 Å². The van der Waals surface area contributed by atoms with E-state index in [1.807, 2.05) is 36.5 Å². The highest BCUT2D eigenvalue weighted by Gasteiger charge is 2.21. The molecule has 0 aliphatic rings. The van der Waals surface area contributed by atoms with E-state index in [0.717, 1.165) is 24.1 Å². The Morgan fingerprint density at radius 3 is 2.21 bits per heavy atom. The molecule has 0 saturated carbocycles. The molecular formula is C21H34N4O2S. The summed E-state index contributed by atoms with van der Waals surface area (Å²) in [6.45, 7) is 9.95. The Kier molecular flexibility index (Phi) is 8.66. The third-order valence-electron chi connectivity index (χ3n) is 4.61. The molecule has 2 aromatic rings. The average molecular weight is 407 g/mol. The fourth-order valence-electron chi connectivity index (χ4n) is 2.78. The Bertz CT molecular complexity index is 789. The molecule has 2 rings (SSSR count). The lowest BCUT2D eigenvalue weighted by Crippen LogP contribution is -2.43. The minimum absolute atomic E-state index is 0.364. The van der Waals surface area contributed by atoms with Gasteiger partial charge in [-0.1, -0.05) is 45.9 Å². The minimum atomic E-state index is -3.47. The van der Waals surface area contributed by atoms with E-state index in [2.05, 4.69) is 37.5 Å². The van der Waals surface area contributed by atoms with Crippen LogP contribution in [-0.2, 0) is 16.6 Å². The Morgan fingerprint density at radius 1 is 1.04 bits per heavy atom. The van der Waals surface area contributed by atoms with Crippen molar-refractivity contribution in [1.29, 1.82) is 0 Å². The zero-order valence-corrected chi connectivity index (χ0v) is 18.3. The van der Waals surface area contributed by atoms with Crippen LogP contribution in [0.1, 0.15) is 46.1 Å². The molecule has 0 radical (unpaired) electrons. The smallest absolute Gasteiger partial charge is 0.241 e. The van der Waals surface area contributed by atoms with Crippen molar-refractivity contribution < 1.29 is 8.42 Å². The molecule has 1 aromatic heterocycles. The van der Waals surface area contributed by atoms with Crippen LogP contribution in [-0.4, -0.2) is 42.1 Å². The van der Waals surface area contributed by atoms with Gasteiger partial charge in [-0.3, -0.25) is 0 Å². The second-order valence-corrected chi connectivity index (χ2v) is 9.80. The maximum absolute atomic E-state index is 12.8. The van der Waals surface area contributed by atoms with Crippen LogP contribution in [0.4, 0.5) is 0 Å². The Labute approximate surface area is 170 Å². The SMILES string of the molecule is CC(C)CCN(CCC(C)C)S(=O)(=O)NCCc1cnn(-c2ccccc2)c1. The zero-order chi connectivity index (χ0) is 20.6. The van der Waals surface area contributed by atoms with Crippen molar-refractivity contribution in [2.75, 3.05) is 19.6 Å². The van der Waals surface area contributed by atoms with Crippen LogP contribution >= 0.6 is 0 Å². The van der Waals surface area contributed by atoms with Gasteiger partial charge in [-0.15, -0.1) is 0 Å². The monoisotopic (exact) mass is 406 g/mol. The van der Waals surface area contributed by atoms with Crippen LogP contribution in [0.5, 0.6) is 0 Å². The summed E-state index contributed by atoms with van der Waals surface area (Å²) in [7, 11) is -3.47. The lowest BCUT2D eigenvalue weighted by molar-refractivity contribution is 0.352. The van der Waals surface area contributed by atoms with E-state index in [0.29, 0.717) is 37.9 Å². The number of para-hydroxylation sites is 1. The Balaban J connectivity index is 1.92. The van der Waals surface area contributed by atoms with Gasteiger partial charge in [0.15, 0.2) is 0 Å². The lowest BCUT2D eigenvalue weighted by Gasteiger charge is -2.24. The molecule has 0 fully saturated rings. The second kappa shape index (κ2) is 10.7. The summed E-state index contributed by atoms with van der Waals surface area (Å²) in [5, 5.41) is 4.36. The van der Waals surface area contributed by atoms with E-state index in [1.165, 1.54) is 0 Å². The Hall–Kier alpha value is -1.70. The van der Waals surface area contributed by atoms with Gasteiger partial charge in [0, 0.05) is 25.8 Å². The molecular weight excluding hydrogens is 372 g/mol. The largest absolute Gasteiger partial charge is 0.279 e. The lowest BCUT2D eigenvalue weighted by atomic mass is 10.1. The fraction of sp³-hybridized carbons (Fsp3) is 0.571. The zero-order valence-electron chi connectivity index (χ0n) is 17.5. The van der Waals surface area contributed by atoms with E-state index >= 15 is 0 Å². The maximum atomic E-state index is 12.8. The summed E-state index contributed by atoms with van der Waals surface area (Å²) >= 11 is 0. The third-order valence-corrected chi connectivity index (χ3v) is 6.22. The van der Waals surface area contributed by atoms with Crippen molar-refractivity contribution >= 4 is 10.2 Å². The highest BCUT2D eigenvalue weighted by molar-refractivity contribution is 7.87. The van der Waals surface area contributed by atoms with E-state index in [4.69, 9.17) is 0 Å². The van der Waals surface area contributed by atoms with Crippen LogP contribution in [0.3, 0.4) is 0 Å². The van der Waals surface area contributed by atoms with Gasteiger partial charge in [-0.05, 0) is 48.8 Å². The molecule has 6 nitrogen and oxygen atoms in total. The first-order chi connectivity index (χ1) is 13.3. The van der Waals surface area contributed by atoms with E-state index in [9.17, 15) is 8.42 Å². The van der Waals surface area contributed by atoms with E-state index < -0.39 is 10.2 Å². The molecule has 1 N–H and O–H groups in total. The molecule has 28 heavy (non-hydrogen) atoms. The second-order valence-electron chi connectivity index (χ2n) is 8.04. The molecule has 0 unspecified atom stereocenters. The molecule has 156 valence electrons. The van der Waals surface area contributed by atoms with Crippen LogP contribution in [0.2, 0.25) is 0 Å². The van der Waals surface area contributed by atoms with Gasteiger partial charge in [0.1, 0.15) is 0 Å². The van der Waals surface area contributed by atoms with Gasteiger partial charge in [0.05, 0.1) is 11.9 Å². The summed E-state index contributed by atoms with van der Waals surface area (Å²) in [6.07, 6.45) is 6.06. The van der Waals surface area contributed by atoms with Gasteiger partial charge in [-0.2, -0.15) is 17.8 Å². The van der Waals surface area contributed by atoms with Crippen molar-refractivity contribution in [3.63, 3.8) is 0 Å². The number of hydrogen-bond acceptors (Lipinski definition) is 3. The molecule has 1 heterocycles. The first kappa shape index (κ1) is 22.6. The Morgan fingerprint density at radius 2 is 1.64 bits per heavy atom. The quantitative estimate of drug-likeness (QED) is 0.585. The van der Waals surface area contributed by atoms with Crippen LogP contribution < -0.4 is 4.72 Å². The van der Waals surface area contributed by atoms with Crippen LogP contribution in [0, 0.1) is 11.8 Å². The molecule has 0 amide bonds. The molecule has 0 saturated heterocycles. The average Bonchev–Trinajstić information content (AvgIpc) is 3.10. The van der Waals surface area contributed by atoms with Gasteiger partial charge >= 0.3 is 0 Å². The molecule has 1 aromatic carbocycles. The standard InChI is InChI=1S/C21H34N4O2S/c1-18(2)11-14-24(15-12-19(3)4)28(26,27)23-13-10-20-16-22-25(17-20)21-8-6-5-7-9-21/h5-9,16-19,23H,10-15H2,1-4H3. The predicted octanol–water partition coefficient (Wildman–Crippen LogP) is 3.64. The van der Waals surface area contributed by atoms with Crippen molar-refractivity contribution in [3.05, 3.63) is 48.3 Å². The highest BCUT2D eigenvalue weighted by Crippen LogP contribution is 2.11. The summed E-state index contributed by atoms with van der Waals surface area (Å²) in [5.74, 6) is 0.946. The van der Waals surface area contributed by atoms with E-state index in [1.54, 1.807) is 15.2 Å². The molecule has 0 spiro atoms. The van der Waals surface area contributed by atoms with Gasteiger partial charge in [0.2, 0.25) is 0 Å². The topological polar surface area (TPSA) is 67.2 Å². The summed E-state index contributed by atoms with van der Waals surface area (Å²) in [5.41, 5.74) is 1.99. The number of rotatable bonds is 12. The van der Waals surface area contributed by atoms with Crippen molar-refractivity contribution in [2.24, 2.45) is 11.8 Å². The van der Waals surface area contributed by atoms with Crippen molar-refractivity contribution in [3.8, 4) is 5.69 Å². The first-order valence-electron chi connectivity index (χ1n) is 10.1. The molecule has 0 aliphatic heterocycles. The number of aromatic nitrogens is 2. The normalized spacial score (nSPS) is 12.4. The molecule has 0 bridgehead atoms. The maximum Gasteiger partial charge on any atom is 0.279 e. The minimum Gasteiger partial charge on any atom is -0.241 e. The number of nitrogens with zero attached hydrogens (tertiary/aromatic N) is 3. The first-order valence-corrected chi connectivity index (χ1v) is 11.6. The number of nitrogens with one attached hydrogen (secondary N) is 1. The van der Waals surface area contributed by atoms with Crippen LogP contribution in [0.15, 0.2) is 42.7 Å².